The number of nitrogens with zero attached hydrogens (tertiary/aromatic N) is 7. The average Bonchev–Trinajstić information content (AvgIpc) is 3.92. The van der Waals surface area contributed by atoms with Crippen molar-refractivity contribution in [3.8, 4) is 0 Å². The van der Waals surface area contributed by atoms with Gasteiger partial charge in [0.2, 0.25) is 11.9 Å². The van der Waals surface area contributed by atoms with E-state index in [0.717, 1.165) is 107 Å². The highest BCUT2D eigenvalue weighted by Crippen LogP contribution is 2.44. The van der Waals surface area contributed by atoms with Gasteiger partial charge >= 0.3 is 0 Å². The van der Waals surface area contributed by atoms with Crippen LogP contribution in [0.4, 0.5) is 28.8 Å². The summed E-state index contributed by atoms with van der Waals surface area (Å²) in [5.41, 5.74) is 4.02. The monoisotopic (exact) mass is 668 g/mol. The Balaban J connectivity index is 0.854. The van der Waals surface area contributed by atoms with Crippen molar-refractivity contribution < 1.29 is 4.79 Å². The van der Waals surface area contributed by atoms with Gasteiger partial charge in [0, 0.05) is 45.0 Å². The molecular weight excluding hydrogens is 620 g/mol. The molecule has 254 valence electrons. The quantitative estimate of drug-likeness (QED) is 0.277. The van der Waals surface area contributed by atoms with Crippen molar-refractivity contribution in [3.63, 3.8) is 0 Å². The maximum atomic E-state index is 14.0. The maximum absolute atomic E-state index is 14.0. The lowest BCUT2D eigenvalue weighted by molar-refractivity contribution is -0.128. The third kappa shape index (κ3) is 6.73. The minimum Gasteiger partial charge on any atom is -0.372 e. The molecule has 0 bridgehead atoms. The zero-order chi connectivity index (χ0) is 32.7. The molecule has 1 aromatic carbocycles. The number of carbonyl (C=O) groups is 1. The van der Waals surface area contributed by atoms with Crippen LogP contribution in [0.25, 0.3) is 0 Å². The number of hydrogen-bond acceptors (Lipinski definition) is 8. The molecule has 1 spiro atoms. The molecule has 2 aromatic heterocycles. The molecule has 9 nitrogen and oxygen atoms in total. The molecule has 4 saturated heterocycles. The van der Waals surface area contributed by atoms with Crippen molar-refractivity contribution in [1.82, 2.24) is 19.9 Å². The van der Waals surface area contributed by atoms with Gasteiger partial charge in [-0.3, -0.25) is 9.78 Å². The molecule has 0 radical (unpaired) electrons. The number of piperidine rings is 3. The zero-order valence-corrected chi connectivity index (χ0v) is 29.0. The second-order valence-electron chi connectivity index (χ2n) is 15.2. The molecule has 10 heteroatoms. The standard InChI is InChI=1S/C38H49ClN8O/c1-27-4-8-32(9-5-27)45-16-10-28(11-17-45)25-44-18-12-38(13-19-44)14-20-47(36(38)48)33-21-31(22-40-23-33)42-37-41-24-34(39)35(43-37)46-15-2-3-30(26-46)29-6-7-29/h4-5,8-9,21-24,28-30H,2-3,6-7,10-20,25-26H2,1H3,(H,41,42,43). The third-order valence-electron chi connectivity index (χ3n) is 11.9. The highest BCUT2D eigenvalue weighted by atomic mass is 35.5. The van der Waals surface area contributed by atoms with Gasteiger partial charge in [-0.1, -0.05) is 29.3 Å². The van der Waals surface area contributed by atoms with Gasteiger partial charge in [0.1, 0.15) is 5.02 Å². The molecule has 1 aliphatic carbocycles. The molecule has 1 saturated carbocycles. The van der Waals surface area contributed by atoms with E-state index in [9.17, 15) is 4.79 Å². The van der Waals surface area contributed by atoms with E-state index in [1.807, 2.05) is 11.0 Å². The summed E-state index contributed by atoms with van der Waals surface area (Å²) < 4.78 is 0. The summed E-state index contributed by atoms with van der Waals surface area (Å²) >= 11 is 6.61. The summed E-state index contributed by atoms with van der Waals surface area (Å²) in [6.07, 6.45) is 15.7. The highest BCUT2D eigenvalue weighted by Gasteiger charge is 2.48. The Hall–Kier alpha value is -3.43. The summed E-state index contributed by atoms with van der Waals surface area (Å²) in [5, 5.41) is 3.94. The molecule has 3 aromatic rings. The smallest absolute Gasteiger partial charge is 0.233 e. The maximum Gasteiger partial charge on any atom is 0.233 e. The Morgan fingerprint density at radius 3 is 2.40 bits per heavy atom. The van der Waals surface area contributed by atoms with Crippen molar-refractivity contribution >= 4 is 46.3 Å². The van der Waals surface area contributed by atoms with Gasteiger partial charge in [0.25, 0.3) is 0 Å². The van der Waals surface area contributed by atoms with Crippen molar-refractivity contribution in [3.05, 3.63) is 59.5 Å². The van der Waals surface area contributed by atoms with Gasteiger partial charge in [0.15, 0.2) is 5.82 Å². The van der Waals surface area contributed by atoms with Crippen LogP contribution in [-0.2, 0) is 4.79 Å². The van der Waals surface area contributed by atoms with Crippen LogP contribution in [0.5, 0.6) is 0 Å². The molecule has 8 rings (SSSR count). The second-order valence-corrected chi connectivity index (χ2v) is 15.6. The van der Waals surface area contributed by atoms with E-state index < -0.39 is 0 Å². The number of nitrogens with one attached hydrogen (secondary N) is 1. The van der Waals surface area contributed by atoms with E-state index in [-0.39, 0.29) is 11.3 Å². The van der Waals surface area contributed by atoms with E-state index in [0.29, 0.717) is 11.0 Å². The van der Waals surface area contributed by atoms with E-state index in [2.05, 4.69) is 61.2 Å². The van der Waals surface area contributed by atoms with Crippen molar-refractivity contribution in [2.24, 2.45) is 23.2 Å². The van der Waals surface area contributed by atoms with Crippen LogP contribution < -0.4 is 20.0 Å². The fraction of sp³-hybridized carbons (Fsp3) is 0.579. The van der Waals surface area contributed by atoms with E-state index in [1.165, 1.54) is 49.8 Å². The molecule has 48 heavy (non-hydrogen) atoms. The minimum absolute atomic E-state index is 0.254. The van der Waals surface area contributed by atoms with Crippen LogP contribution in [0.1, 0.15) is 63.4 Å². The number of carbonyl (C=O) groups excluding carboxylic acids is 1. The molecule has 1 atom stereocenters. The van der Waals surface area contributed by atoms with Crippen molar-refractivity contribution in [1.29, 1.82) is 0 Å². The predicted molar refractivity (Wildman–Crippen MR) is 193 cm³/mol. The Morgan fingerprint density at radius 1 is 0.854 bits per heavy atom. The lowest BCUT2D eigenvalue weighted by Gasteiger charge is -2.41. The number of rotatable bonds is 8. The number of amides is 1. The van der Waals surface area contributed by atoms with Gasteiger partial charge < -0.3 is 24.9 Å². The number of anilines is 5. The topological polar surface area (TPSA) is 80.7 Å². The van der Waals surface area contributed by atoms with Crippen LogP contribution in [0.15, 0.2) is 48.9 Å². The molecule has 1 unspecified atom stereocenters. The summed E-state index contributed by atoms with van der Waals surface area (Å²) in [5.74, 6) is 3.91. The zero-order valence-electron chi connectivity index (χ0n) is 28.3. The van der Waals surface area contributed by atoms with Crippen molar-refractivity contribution in [2.45, 2.75) is 64.7 Å². The van der Waals surface area contributed by atoms with Crippen molar-refractivity contribution in [2.75, 3.05) is 72.4 Å². The Morgan fingerprint density at radius 2 is 1.62 bits per heavy atom. The SMILES string of the molecule is Cc1ccc(N2CCC(CN3CCC4(CC3)CCN(c3cncc(Nc5ncc(Cl)c(N6CCCC(C7CC7)C6)n5)c3)C4=O)CC2)cc1. The lowest BCUT2D eigenvalue weighted by Crippen LogP contribution is -2.47. The summed E-state index contributed by atoms with van der Waals surface area (Å²) in [6, 6.07) is 10.9. The van der Waals surface area contributed by atoms with E-state index in [1.54, 1.807) is 18.6 Å². The number of hydrogen-bond donors (Lipinski definition) is 1. The molecule has 1 N–H and O–H groups in total. The molecule has 5 fully saturated rings. The van der Waals surface area contributed by atoms with Gasteiger partial charge in [-0.25, -0.2) is 4.98 Å². The van der Waals surface area contributed by atoms with Gasteiger partial charge in [-0.05, 0) is 114 Å². The minimum atomic E-state index is -0.254. The summed E-state index contributed by atoms with van der Waals surface area (Å²) in [6.45, 7) is 10.3. The Kier molecular flexibility index (Phi) is 8.93. The number of halogens is 1. The fourth-order valence-electron chi connectivity index (χ4n) is 8.76. The molecular formula is C38H49ClN8O. The molecule has 1 amide bonds. The van der Waals surface area contributed by atoms with Gasteiger partial charge in [0.05, 0.1) is 35.4 Å². The van der Waals surface area contributed by atoms with Crippen LogP contribution in [0, 0.1) is 30.1 Å². The van der Waals surface area contributed by atoms with Crippen LogP contribution in [0.3, 0.4) is 0 Å². The van der Waals surface area contributed by atoms with Crippen LogP contribution in [-0.4, -0.2) is 78.1 Å². The lowest BCUT2D eigenvalue weighted by atomic mass is 9.77. The first-order valence-electron chi connectivity index (χ1n) is 18.3. The van der Waals surface area contributed by atoms with E-state index in [4.69, 9.17) is 16.6 Å². The third-order valence-corrected chi connectivity index (χ3v) is 12.2. The highest BCUT2D eigenvalue weighted by molar-refractivity contribution is 6.32. The first-order valence-corrected chi connectivity index (χ1v) is 18.7. The summed E-state index contributed by atoms with van der Waals surface area (Å²) in [7, 11) is 0. The largest absolute Gasteiger partial charge is 0.372 e. The van der Waals surface area contributed by atoms with Crippen LogP contribution >= 0.6 is 11.6 Å². The number of likely N-dealkylation sites (tertiary alicyclic amines) is 1. The second kappa shape index (κ2) is 13.5. The Labute approximate surface area is 290 Å². The predicted octanol–water partition coefficient (Wildman–Crippen LogP) is 6.94. The number of benzene rings is 1. The molecule has 6 heterocycles. The number of aromatic nitrogens is 3. The first kappa shape index (κ1) is 31.8. The van der Waals surface area contributed by atoms with Gasteiger partial charge in [-0.2, -0.15) is 4.98 Å². The number of pyridine rings is 1. The normalized spacial score (nSPS) is 23.7. The van der Waals surface area contributed by atoms with Gasteiger partial charge in [-0.15, -0.1) is 0 Å². The van der Waals surface area contributed by atoms with E-state index >= 15 is 0 Å². The molecule has 5 aliphatic rings. The fourth-order valence-corrected chi connectivity index (χ4v) is 8.97. The van der Waals surface area contributed by atoms with Crippen LogP contribution in [0.2, 0.25) is 5.02 Å². The average molecular weight is 669 g/mol. The number of aryl methyl sites for hydroxylation is 1. The Bertz CT molecular complexity index is 1600. The molecule has 4 aliphatic heterocycles. The first-order chi connectivity index (χ1) is 23.4. The summed E-state index contributed by atoms with van der Waals surface area (Å²) in [4.78, 5) is 37.3.